The van der Waals surface area contributed by atoms with Crippen LogP contribution in [0, 0.1) is 5.92 Å². The van der Waals surface area contributed by atoms with Crippen molar-refractivity contribution in [3.63, 3.8) is 0 Å². The van der Waals surface area contributed by atoms with E-state index in [1.54, 1.807) is 4.88 Å². The second-order valence-electron chi connectivity index (χ2n) is 7.35. The van der Waals surface area contributed by atoms with Crippen LogP contribution in [0.5, 0.6) is 0 Å². The lowest BCUT2D eigenvalue weighted by molar-refractivity contribution is 0.0178. The third-order valence-corrected chi connectivity index (χ3v) is 8.46. The topological polar surface area (TPSA) is 3.24 Å². The van der Waals surface area contributed by atoms with Gasteiger partial charge in [0, 0.05) is 20.5 Å². The summed E-state index contributed by atoms with van der Waals surface area (Å²) in [5, 5.41) is 1.44. The van der Waals surface area contributed by atoms with E-state index in [0.29, 0.717) is 5.54 Å². The molecule has 2 aromatic rings. The summed E-state index contributed by atoms with van der Waals surface area (Å²) in [6.07, 6.45) is 9.79. The molecule has 1 aromatic carbocycles. The molecule has 1 aliphatic carbocycles. The fraction of sp³-hybridized carbons (Fsp3) is 0.600. The molecule has 2 aliphatic rings. The molecule has 4 rings (SSSR count). The number of hydrogen-bond donors (Lipinski definition) is 0. The van der Waals surface area contributed by atoms with Crippen molar-refractivity contribution < 1.29 is 0 Å². The van der Waals surface area contributed by atoms with Crippen LogP contribution in [-0.2, 0) is 5.54 Å². The minimum Gasteiger partial charge on any atom is -0.293 e. The van der Waals surface area contributed by atoms with Gasteiger partial charge in [0.1, 0.15) is 0 Å². The molecule has 23 heavy (non-hydrogen) atoms. The van der Waals surface area contributed by atoms with Crippen LogP contribution in [0.3, 0.4) is 0 Å². The Balaban J connectivity index is 1.73. The first-order valence-electron chi connectivity index (χ1n) is 9.12. The minimum absolute atomic E-state index is 0.340. The number of likely N-dealkylation sites (tertiary alicyclic amines) is 1. The van der Waals surface area contributed by atoms with E-state index in [9.17, 15) is 0 Å². The molecule has 124 valence electrons. The van der Waals surface area contributed by atoms with Gasteiger partial charge in [-0.2, -0.15) is 0 Å². The first-order chi connectivity index (χ1) is 11.3. The van der Waals surface area contributed by atoms with Gasteiger partial charge in [0.25, 0.3) is 0 Å². The van der Waals surface area contributed by atoms with Crippen molar-refractivity contribution in [3.05, 3.63) is 35.2 Å². The number of nitrogens with zero attached hydrogens (tertiary/aromatic N) is 1. The number of piperidine rings is 1. The molecule has 3 heteroatoms. The Morgan fingerprint density at radius 3 is 2.74 bits per heavy atom. The van der Waals surface area contributed by atoms with Gasteiger partial charge in [-0.25, -0.2) is 0 Å². The molecule has 0 bridgehead atoms. The zero-order valence-electron chi connectivity index (χ0n) is 13.8. The van der Waals surface area contributed by atoms with Gasteiger partial charge in [-0.3, -0.25) is 4.90 Å². The molecule has 1 unspecified atom stereocenters. The Labute approximate surface area is 157 Å². The van der Waals surface area contributed by atoms with Gasteiger partial charge in [0.2, 0.25) is 0 Å². The predicted octanol–water partition coefficient (Wildman–Crippen LogP) is 6.21. The Kier molecular flexibility index (Phi) is 4.98. The fourth-order valence-electron chi connectivity index (χ4n) is 4.65. The number of hydrogen-bond acceptors (Lipinski definition) is 2. The van der Waals surface area contributed by atoms with Crippen molar-refractivity contribution in [2.75, 3.05) is 17.5 Å². The summed E-state index contributed by atoms with van der Waals surface area (Å²) in [6, 6.07) is 11.5. The molecule has 1 saturated carbocycles. The third-order valence-electron chi connectivity index (χ3n) is 5.91. The summed E-state index contributed by atoms with van der Waals surface area (Å²) in [4.78, 5) is 4.54. The van der Waals surface area contributed by atoms with Gasteiger partial charge in [0.15, 0.2) is 0 Å². The molecule has 1 atom stereocenters. The molecule has 0 N–H and O–H groups in total. The lowest BCUT2D eigenvalue weighted by Gasteiger charge is -2.49. The van der Waals surface area contributed by atoms with Gasteiger partial charge in [-0.1, -0.05) is 60.1 Å². The normalized spacial score (nSPS) is 25.7. The maximum atomic E-state index is 2.89. The number of thiophene rings is 1. The van der Waals surface area contributed by atoms with Crippen LogP contribution in [0.25, 0.3) is 10.1 Å². The van der Waals surface area contributed by atoms with Crippen molar-refractivity contribution in [2.24, 2.45) is 5.92 Å². The summed E-state index contributed by atoms with van der Waals surface area (Å²) in [5.41, 5.74) is 0.340. The van der Waals surface area contributed by atoms with E-state index in [-0.39, 0.29) is 0 Å². The number of benzene rings is 1. The second-order valence-corrected chi connectivity index (χ2v) is 9.31. The fourth-order valence-corrected chi connectivity index (χ4v) is 6.70. The molecular formula is C20H26INS. The van der Waals surface area contributed by atoms with E-state index in [4.69, 9.17) is 0 Å². The standard InChI is InChI=1S/C20H26INS/c21-14-16-7-6-12-22(15-16)20(10-4-1-5-11-20)19-13-17-8-2-3-9-18(17)23-19/h2-3,8-9,13,16H,1,4-7,10-12,14-15H2. The lowest BCUT2D eigenvalue weighted by Crippen LogP contribution is -2.51. The smallest absolute Gasteiger partial charge is 0.0554 e. The molecule has 2 heterocycles. The van der Waals surface area contributed by atoms with Crippen molar-refractivity contribution in [2.45, 2.75) is 50.5 Å². The van der Waals surface area contributed by atoms with Crippen molar-refractivity contribution >= 4 is 44.0 Å². The minimum atomic E-state index is 0.340. The number of rotatable bonds is 3. The molecule has 0 radical (unpaired) electrons. The maximum absolute atomic E-state index is 2.89. The maximum Gasteiger partial charge on any atom is 0.0554 e. The van der Waals surface area contributed by atoms with Crippen LogP contribution in [0.4, 0.5) is 0 Å². The van der Waals surface area contributed by atoms with Gasteiger partial charge in [-0.05, 0) is 55.7 Å². The average Bonchev–Trinajstić information content (AvgIpc) is 3.07. The van der Waals surface area contributed by atoms with E-state index in [0.717, 1.165) is 5.92 Å². The van der Waals surface area contributed by atoms with Crippen LogP contribution in [0.1, 0.15) is 49.8 Å². The highest BCUT2D eigenvalue weighted by atomic mass is 127. The zero-order chi connectivity index (χ0) is 15.7. The molecule has 2 fully saturated rings. The summed E-state index contributed by atoms with van der Waals surface area (Å²) in [5.74, 6) is 0.900. The molecular weight excluding hydrogens is 413 g/mol. The van der Waals surface area contributed by atoms with Crippen LogP contribution < -0.4 is 0 Å². The van der Waals surface area contributed by atoms with E-state index in [1.807, 2.05) is 0 Å². The molecule has 0 amide bonds. The molecule has 1 nitrogen and oxygen atoms in total. The van der Waals surface area contributed by atoms with E-state index < -0.39 is 0 Å². The summed E-state index contributed by atoms with van der Waals surface area (Å²) < 4.78 is 2.78. The molecule has 0 spiro atoms. The van der Waals surface area contributed by atoms with Crippen LogP contribution in [-0.4, -0.2) is 22.4 Å². The Morgan fingerprint density at radius 1 is 1.13 bits per heavy atom. The predicted molar refractivity (Wildman–Crippen MR) is 110 cm³/mol. The van der Waals surface area contributed by atoms with Crippen molar-refractivity contribution in [1.82, 2.24) is 4.90 Å². The Morgan fingerprint density at radius 2 is 1.96 bits per heavy atom. The summed E-state index contributed by atoms with van der Waals surface area (Å²) in [6.45, 7) is 2.62. The third kappa shape index (κ3) is 3.09. The van der Waals surface area contributed by atoms with E-state index in [1.165, 1.54) is 72.5 Å². The molecule has 1 aliphatic heterocycles. The van der Waals surface area contributed by atoms with Gasteiger partial charge in [-0.15, -0.1) is 11.3 Å². The average molecular weight is 439 g/mol. The van der Waals surface area contributed by atoms with Crippen molar-refractivity contribution in [3.8, 4) is 0 Å². The summed E-state index contributed by atoms with van der Waals surface area (Å²) in [7, 11) is 0. The highest BCUT2D eigenvalue weighted by Crippen LogP contribution is 2.47. The van der Waals surface area contributed by atoms with E-state index >= 15 is 0 Å². The first kappa shape index (κ1) is 16.3. The van der Waals surface area contributed by atoms with Crippen LogP contribution in [0.2, 0.25) is 0 Å². The van der Waals surface area contributed by atoms with Gasteiger partial charge in [0.05, 0.1) is 5.54 Å². The Hall–Kier alpha value is -0.130. The highest BCUT2D eigenvalue weighted by molar-refractivity contribution is 14.1. The number of halogens is 1. The Bertz CT molecular complexity index is 625. The lowest BCUT2D eigenvalue weighted by atomic mass is 9.77. The number of alkyl halides is 1. The van der Waals surface area contributed by atoms with Gasteiger partial charge < -0.3 is 0 Å². The van der Waals surface area contributed by atoms with E-state index in [2.05, 4.69) is 69.2 Å². The summed E-state index contributed by atoms with van der Waals surface area (Å²) >= 11 is 4.66. The SMILES string of the molecule is ICC1CCCN(C2(c3cc4ccccc4s3)CCCCC2)C1. The quantitative estimate of drug-likeness (QED) is 0.406. The second kappa shape index (κ2) is 7.01. The zero-order valence-corrected chi connectivity index (χ0v) is 16.7. The van der Waals surface area contributed by atoms with Gasteiger partial charge >= 0.3 is 0 Å². The van der Waals surface area contributed by atoms with Crippen LogP contribution in [0.15, 0.2) is 30.3 Å². The molecule has 1 aromatic heterocycles. The van der Waals surface area contributed by atoms with Crippen LogP contribution >= 0.6 is 33.9 Å². The monoisotopic (exact) mass is 439 g/mol. The highest BCUT2D eigenvalue weighted by Gasteiger charge is 2.42. The molecule has 1 saturated heterocycles. The van der Waals surface area contributed by atoms with Crippen molar-refractivity contribution in [1.29, 1.82) is 0 Å². The number of fused-ring (bicyclic) bond motifs is 1. The first-order valence-corrected chi connectivity index (χ1v) is 11.5. The largest absolute Gasteiger partial charge is 0.293 e.